The number of hydrogen-bond acceptors (Lipinski definition) is 6. The fraction of sp³-hybridized carbons (Fsp3) is 0.360. The van der Waals surface area contributed by atoms with Crippen LogP contribution in [0.25, 0.3) is 10.9 Å². The van der Waals surface area contributed by atoms with Crippen LogP contribution in [0.4, 0.5) is 10.5 Å². The van der Waals surface area contributed by atoms with Crippen LogP contribution in [0.5, 0.6) is 5.75 Å². The zero-order valence-corrected chi connectivity index (χ0v) is 20.1. The van der Waals surface area contributed by atoms with Crippen LogP contribution in [-0.2, 0) is 15.0 Å². The number of aromatic nitrogens is 2. The van der Waals surface area contributed by atoms with Crippen molar-refractivity contribution in [2.75, 3.05) is 24.1 Å². The number of rotatable bonds is 5. The van der Waals surface area contributed by atoms with E-state index in [2.05, 4.69) is 10.4 Å². The van der Waals surface area contributed by atoms with Crippen molar-refractivity contribution < 1.29 is 24.2 Å². The van der Waals surface area contributed by atoms with E-state index in [1.165, 1.54) is 6.20 Å². The van der Waals surface area contributed by atoms with Crippen molar-refractivity contribution in [3.8, 4) is 5.75 Å². The molecule has 1 saturated heterocycles. The summed E-state index contributed by atoms with van der Waals surface area (Å²) in [6.07, 6.45) is 3.65. The summed E-state index contributed by atoms with van der Waals surface area (Å²) in [7, 11) is 1.61. The van der Waals surface area contributed by atoms with Gasteiger partial charge in [0.2, 0.25) is 11.8 Å². The van der Waals surface area contributed by atoms with E-state index in [1.54, 1.807) is 42.0 Å². The van der Waals surface area contributed by atoms with Gasteiger partial charge in [-0.2, -0.15) is 9.78 Å². The number of anilines is 1. The number of fused-ring (bicyclic) bond motifs is 1. The molecule has 35 heavy (non-hydrogen) atoms. The number of benzene rings is 2. The largest absolute Gasteiger partial charge is 0.497 e. The molecule has 2 fully saturated rings. The summed E-state index contributed by atoms with van der Waals surface area (Å²) in [4.78, 5) is 40.5. The minimum absolute atomic E-state index is 0.0118. The normalized spacial score (nSPS) is 19.1. The lowest BCUT2D eigenvalue weighted by Crippen LogP contribution is -2.51. The van der Waals surface area contributed by atoms with E-state index in [0.29, 0.717) is 28.2 Å². The maximum absolute atomic E-state index is 14.0. The molecule has 0 unspecified atom stereocenters. The average molecular weight is 495 g/mol. The predicted molar refractivity (Wildman–Crippen MR) is 133 cm³/mol. The first-order valence-corrected chi connectivity index (χ1v) is 12.6. The number of ether oxygens (including phenoxy) is 1. The molecule has 5 rings (SSSR count). The van der Waals surface area contributed by atoms with E-state index in [0.717, 1.165) is 41.7 Å². The van der Waals surface area contributed by atoms with Gasteiger partial charge in [0.1, 0.15) is 11.8 Å². The van der Waals surface area contributed by atoms with Crippen molar-refractivity contribution in [2.24, 2.45) is 0 Å². The van der Waals surface area contributed by atoms with Crippen LogP contribution in [0.3, 0.4) is 0 Å². The molecule has 2 aliphatic rings. The first-order valence-electron chi connectivity index (χ1n) is 11.5. The first-order chi connectivity index (χ1) is 16.9. The molecule has 0 radical (unpaired) electrons. The summed E-state index contributed by atoms with van der Waals surface area (Å²) in [6.45, 7) is 0. The fourth-order valence-corrected chi connectivity index (χ4v) is 6.33. The summed E-state index contributed by atoms with van der Waals surface area (Å²) < 4.78 is 6.15. The van der Waals surface area contributed by atoms with Crippen molar-refractivity contribution in [3.63, 3.8) is 0 Å². The number of carbonyl (C=O) groups is 3. The first kappa shape index (κ1) is 23.2. The molecule has 0 bridgehead atoms. The van der Waals surface area contributed by atoms with Crippen molar-refractivity contribution >= 4 is 46.3 Å². The van der Waals surface area contributed by atoms with Crippen LogP contribution < -0.4 is 10.1 Å². The maximum Gasteiger partial charge on any atom is 0.432 e. The van der Waals surface area contributed by atoms with Crippen LogP contribution in [0.2, 0.25) is 0 Å². The van der Waals surface area contributed by atoms with Gasteiger partial charge in [-0.15, -0.1) is 11.8 Å². The average Bonchev–Trinajstić information content (AvgIpc) is 3.63. The third-order valence-corrected chi connectivity index (χ3v) is 8.02. The molecular weight excluding hydrogens is 468 g/mol. The molecule has 1 aromatic heterocycles. The quantitative estimate of drug-likeness (QED) is 0.553. The topological polar surface area (TPSA) is 114 Å². The van der Waals surface area contributed by atoms with Gasteiger partial charge in [-0.25, -0.2) is 4.79 Å². The van der Waals surface area contributed by atoms with Crippen molar-refractivity contribution in [2.45, 2.75) is 37.1 Å². The molecular formula is C25H26N4O5S. The summed E-state index contributed by atoms with van der Waals surface area (Å²) in [6, 6.07) is 12.1. The van der Waals surface area contributed by atoms with E-state index in [4.69, 9.17) is 4.74 Å². The zero-order chi connectivity index (χ0) is 24.6. The second-order valence-electron chi connectivity index (χ2n) is 8.87. The Bertz CT molecular complexity index is 1280. The van der Waals surface area contributed by atoms with Gasteiger partial charge in [-0.3, -0.25) is 9.59 Å². The van der Waals surface area contributed by atoms with Gasteiger partial charge in [0.15, 0.2) is 0 Å². The number of thioether (sulfide) groups is 1. The highest BCUT2D eigenvalue weighted by Crippen LogP contribution is 2.44. The van der Waals surface area contributed by atoms with Gasteiger partial charge < -0.3 is 20.1 Å². The zero-order valence-electron chi connectivity index (χ0n) is 19.3. The number of carbonyl (C=O) groups excluding carboxylic acids is 2. The van der Waals surface area contributed by atoms with Crippen LogP contribution in [0.1, 0.15) is 31.2 Å². The summed E-state index contributed by atoms with van der Waals surface area (Å²) in [5.74, 6) is 1.39. The van der Waals surface area contributed by atoms with Crippen LogP contribution in [-0.4, -0.2) is 62.5 Å². The highest BCUT2D eigenvalue weighted by Gasteiger charge is 2.48. The molecule has 2 heterocycles. The minimum Gasteiger partial charge on any atom is -0.497 e. The van der Waals surface area contributed by atoms with Crippen molar-refractivity contribution in [3.05, 3.63) is 54.2 Å². The van der Waals surface area contributed by atoms with Crippen molar-refractivity contribution in [1.82, 2.24) is 14.7 Å². The molecule has 10 heteroatoms. The number of hydrogen-bond donors (Lipinski definition) is 2. The second-order valence-corrected chi connectivity index (χ2v) is 9.87. The Balaban J connectivity index is 1.40. The fourth-order valence-electron chi connectivity index (χ4n) is 5.18. The minimum atomic E-state index is -1.20. The summed E-state index contributed by atoms with van der Waals surface area (Å²) in [5.41, 5.74) is 1.17. The van der Waals surface area contributed by atoms with Gasteiger partial charge in [-0.05, 0) is 42.7 Å². The molecule has 2 amide bonds. The number of methoxy groups -OCH3 is 1. The number of nitrogens with zero attached hydrogens (tertiary/aromatic N) is 3. The Morgan fingerprint density at radius 1 is 1.14 bits per heavy atom. The Morgan fingerprint density at radius 3 is 2.57 bits per heavy atom. The van der Waals surface area contributed by atoms with E-state index in [1.807, 2.05) is 24.3 Å². The highest BCUT2D eigenvalue weighted by atomic mass is 32.2. The van der Waals surface area contributed by atoms with E-state index in [-0.39, 0.29) is 11.8 Å². The van der Waals surface area contributed by atoms with Crippen LogP contribution in [0.15, 0.2) is 48.7 Å². The monoisotopic (exact) mass is 494 g/mol. The number of carboxylic acid groups (broad SMARTS) is 1. The Labute approximate surface area is 206 Å². The van der Waals surface area contributed by atoms with Crippen LogP contribution in [0, 0.1) is 0 Å². The Hall–Kier alpha value is -3.53. The number of nitrogens with one attached hydrogen (secondary N) is 1. The van der Waals surface area contributed by atoms with E-state index < -0.39 is 17.6 Å². The molecule has 1 aliphatic carbocycles. The molecule has 2 N–H and O–H groups in total. The summed E-state index contributed by atoms with van der Waals surface area (Å²) >= 11 is 1.56. The molecule has 2 aromatic carbocycles. The smallest absolute Gasteiger partial charge is 0.432 e. The maximum atomic E-state index is 14.0. The molecule has 3 aromatic rings. The van der Waals surface area contributed by atoms with Gasteiger partial charge in [0.05, 0.1) is 35.8 Å². The van der Waals surface area contributed by atoms with Gasteiger partial charge in [0, 0.05) is 11.1 Å². The predicted octanol–water partition coefficient (Wildman–Crippen LogP) is 3.92. The van der Waals surface area contributed by atoms with Gasteiger partial charge in [-0.1, -0.05) is 31.0 Å². The van der Waals surface area contributed by atoms with E-state index >= 15 is 0 Å². The Kier molecular flexibility index (Phi) is 6.14. The van der Waals surface area contributed by atoms with Gasteiger partial charge in [0.25, 0.3) is 0 Å². The van der Waals surface area contributed by atoms with Crippen LogP contribution >= 0.6 is 11.8 Å². The molecule has 9 nitrogen and oxygen atoms in total. The lowest BCUT2D eigenvalue weighted by Gasteiger charge is -2.35. The van der Waals surface area contributed by atoms with Crippen molar-refractivity contribution in [1.29, 1.82) is 0 Å². The van der Waals surface area contributed by atoms with E-state index in [9.17, 15) is 19.5 Å². The third-order valence-electron chi connectivity index (χ3n) is 7.01. The highest BCUT2D eigenvalue weighted by molar-refractivity contribution is 7.99. The third kappa shape index (κ3) is 4.01. The molecule has 182 valence electrons. The Morgan fingerprint density at radius 2 is 1.89 bits per heavy atom. The molecule has 1 atom stereocenters. The second kappa shape index (κ2) is 9.26. The lowest BCUT2D eigenvalue weighted by atomic mass is 9.77. The standard InChI is InChI=1S/C25H26N4O5S/c1-34-17-9-7-16(8-10-17)25(11-2-3-12-25)23(31)28-15-35-14-21(28)22(30)27-19-5-4-6-20-18(19)13-26-29(20)24(32)33/h4-10,13,21H,2-3,11-12,14-15H2,1H3,(H,27,30)(H,32,33)/t21-/m1/s1. The molecule has 0 spiro atoms. The lowest BCUT2D eigenvalue weighted by molar-refractivity contribution is -0.141. The van der Waals surface area contributed by atoms with Gasteiger partial charge >= 0.3 is 6.09 Å². The summed E-state index contributed by atoms with van der Waals surface area (Å²) in [5, 5.41) is 16.7. The SMILES string of the molecule is COc1ccc(C2(C(=O)N3CSC[C@@H]3C(=O)Nc3cccc4c3cnn4C(=O)O)CCCC2)cc1. The molecule has 1 saturated carbocycles. The number of amides is 2. The molecule has 1 aliphatic heterocycles.